The monoisotopic (exact) mass is 392 g/mol. The largest absolute Gasteiger partial charge is 0.346 e. The molecule has 2 aromatic carbocycles. The maximum atomic E-state index is 12.7. The zero-order chi connectivity index (χ0) is 20.9. The Hall–Kier alpha value is -2.13. The molecule has 0 bridgehead atoms. The molecule has 1 fully saturated rings. The van der Waals surface area contributed by atoms with Crippen LogP contribution in [0.1, 0.15) is 86.5 Å². The van der Waals surface area contributed by atoms with Gasteiger partial charge in [0.05, 0.1) is 6.04 Å². The van der Waals surface area contributed by atoms with Gasteiger partial charge in [-0.15, -0.1) is 0 Å². The zero-order valence-electron chi connectivity index (χ0n) is 18.5. The van der Waals surface area contributed by atoms with E-state index < -0.39 is 0 Å². The van der Waals surface area contributed by atoms with E-state index in [1.807, 2.05) is 19.1 Å². The maximum absolute atomic E-state index is 12.7. The first-order valence-corrected chi connectivity index (χ1v) is 11.1. The second kappa shape index (κ2) is 9.58. The molecule has 1 aliphatic rings. The average molecular weight is 393 g/mol. The van der Waals surface area contributed by atoms with Crippen molar-refractivity contribution in [1.82, 2.24) is 10.2 Å². The smallest absolute Gasteiger partial charge is 0.251 e. The molecule has 1 atom stereocenters. The van der Waals surface area contributed by atoms with Crippen molar-refractivity contribution in [2.75, 3.05) is 13.1 Å². The fraction of sp³-hybridized carbons (Fsp3) is 0.500. The highest BCUT2D eigenvalue weighted by Crippen LogP contribution is 2.24. The third-order valence-electron chi connectivity index (χ3n) is 5.95. The predicted octanol–water partition coefficient (Wildman–Crippen LogP) is 5.85. The highest BCUT2D eigenvalue weighted by molar-refractivity contribution is 5.94. The second-order valence-corrected chi connectivity index (χ2v) is 9.45. The standard InChI is InChI=1S/C26H36N2O/c1-20(22-13-15-24(16-14-22)26(2,3)4)27-25(29)23-11-9-21(10-12-23)19-28-17-7-5-6-8-18-28/h9-16,20H,5-8,17-19H2,1-4H3,(H,27,29)/t20-/m0/s1. The van der Waals surface area contributed by atoms with Crippen LogP contribution in [-0.2, 0) is 12.0 Å². The number of nitrogens with one attached hydrogen (secondary N) is 1. The van der Waals surface area contributed by atoms with Crippen LogP contribution in [0.15, 0.2) is 48.5 Å². The molecule has 0 unspecified atom stereocenters. The Labute approximate surface area is 176 Å². The lowest BCUT2D eigenvalue weighted by Gasteiger charge is -2.21. The number of amides is 1. The van der Waals surface area contributed by atoms with Gasteiger partial charge in [0.25, 0.3) is 5.91 Å². The summed E-state index contributed by atoms with van der Waals surface area (Å²) < 4.78 is 0. The van der Waals surface area contributed by atoms with Crippen molar-refractivity contribution < 1.29 is 4.79 Å². The summed E-state index contributed by atoms with van der Waals surface area (Å²) in [7, 11) is 0. The van der Waals surface area contributed by atoms with E-state index >= 15 is 0 Å². The van der Waals surface area contributed by atoms with Crippen molar-refractivity contribution in [3.8, 4) is 0 Å². The molecule has 29 heavy (non-hydrogen) atoms. The topological polar surface area (TPSA) is 32.3 Å². The molecule has 0 radical (unpaired) electrons. The molecule has 0 aromatic heterocycles. The Kier molecular flexibility index (Phi) is 7.13. The fourth-order valence-electron chi connectivity index (χ4n) is 3.95. The number of carbonyl (C=O) groups is 1. The first-order valence-electron chi connectivity index (χ1n) is 11.1. The minimum atomic E-state index is -0.0201. The van der Waals surface area contributed by atoms with Crippen molar-refractivity contribution in [3.05, 3.63) is 70.8 Å². The van der Waals surface area contributed by atoms with E-state index in [2.05, 4.69) is 67.4 Å². The molecule has 1 saturated heterocycles. The minimum Gasteiger partial charge on any atom is -0.346 e. The van der Waals surface area contributed by atoms with Crippen molar-refractivity contribution in [3.63, 3.8) is 0 Å². The first kappa shape index (κ1) is 21.6. The van der Waals surface area contributed by atoms with Gasteiger partial charge in [-0.1, -0.05) is 70.0 Å². The summed E-state index contributed by atoms with van der Waals surface area (Å²) in [6.45, 7) is 12.0. The van der Waals surface area contributed by atoms with Gasteiger partial charge in [0, 0.05) is 12.1 Å². The van der Waals surface area contributed by atoms with Crippen molar-refractivity contribution in [2.45, 2.75) is 71.4 Å². The van der Waals surface area contributed by atoms with Crippen molar-refractivity contribution in [2.24, 2.45) is 0 Å². The molecule has 3 rings (SSSR count). The van der Waals surface area contributed by atoms with Crippen LogP contribution in [-0.4, -0.2) is 23.9 Å². The van der Waals surface area contributed by atoms with Crippen LogP contribution in [0.2, 0.25) is 0 Å². The zero-order valence-corrected chi connectivity index (χ0v) is 18.5. The van der Waals surface area contributed by atoms with E-state index in [0.717, 1.165) is 17.7 Å². The summed E-state index contributed by atoms with van der Waals surface area (Å²) in [5.41, 5.74) is 4.58. The molecule has 2 aromatic rings. The van der Waals surface area contributed by atoms with E-state index in [0.29, 0.717) is 0 Å². The molecule has 0 saturated carbocycles. The molecule has 3 nitrogen and oxygen atoms in total. The van der Waals surface area contributed by atoms with Gasteiger partial charge in [-0.25, -0.2) is 0 Å². The van der Waals surface area contributed by atoms with Gasteiger partial charge in [0.1, 0.15) is 0 Å². The minimum absolute atomic E-state index is 0.0151. The summed E-state index contributed by atoms with van der Waals surface area (Å²) in [5, 5.41) is 3.13. The Morgan fingerprint density at radius 1 is 0.931 bits per heavy atom. The van der Waals surface area contributed by atoms with E-state index in [1.165, 1.54) is 49.9 Å². The molecular weight excluding hydrogens is 356 g/mol. The number of benzene rings is 2. The van der Waals surface area contributed by atoms with Gasteiger partial charge in [0.2, 0.25) is 0 Å². The molecule has 1 aliphatic heterocycles. The van der Waals surface area contributed by atoms with E-state index in [-0.39, 0.29) is 17.4 Å². The molecule has 156 valence electrons. The van der Waals surface area contributed by atoms with Crippen LogP contribution in [0, 0.1) is 0 Å². The summed E-state index contributed by atoms with van der Waals surface area (Å²) in [6.07, 6.45) is 5.31. The number of carbonyl (C=O) groups excluding carboxylic acids is 1. The fourth-order valence-corrected chi connectivity index (χ4v) is 3.95. The SMILES string of the molecule is C[C@H](NC(=O)c1ccc(CN2CCCCCC2)cc1)c1ccc(C(C)(C)C)cc1. The predicted molar refractivity (Wildman–Crippen MR) is 121 cm³/mol. The van der Waals surface area contributed by atoms with Gasteiger partial charge in [-0.3, -0.25) is 9.69 Å². The van der Waals surface area contributed by atoms with Crippen LogP contribution in [0.3, 0.4) is 0 Å². The maximum Gasteiger partial charge on any atom is 0.251 e. The lowest BCUT2D eigenvalue weighted by atomic mass is 9.86. The number of hydrogen-bond acceptors (Lipinski definition) is 2. The van der Waals surface area contributed by atoms with Crippen LogP contribution >= 0.6 is 0 Å². The molecule has 0 aliphatic carbocycles. The normalized spacial score (nSPS) is 16.8. The molecule has 3 heteroatoms. The van der Waals surface area contributed by atoms with Crippen molar-refractivity contribution >= 4 is 5.91 Å². The number of rotatable bonds is 5. The van der Waals surface area contributed by atoms with Gasteiger partial charge in [-0.2, -0.15) is 0 Å². The molecule has 1 N–H and O–H groups in total. The van der Waals surface area contributed by atoms with E-state index in [1.54, 1.807) is 0 Å². The van der Waals surface area contributed by atoms with Gasteiger partial charge in [-0.05, 0) is 67.1 Å². The van der Waals surface area contributed by atoms with Crippen LogP contribution in [0.5, 0.6) is 0 Å². The van der Waals surface area contributed by atoms with Gasteiger partial charge in [0.15, 0.2) is 0 Å². The van der Waals surface area contributed by atoms with E-state index in [4.69, 9.17) is 0 Å². The molecule has 0 spiro atoms. The lowest BCUT2D eigenvalue weighted by Crippen LogP contribution is -2.27. The van der Waals surface area contributed by atoms with Gasteiger partial charge >= 0.3 is 0 Å². The Bertz CT molecular complexity index is 779. The summed E-state index contributed by atoms with van der Waals surface area (Å²) in [4.78, 5) is 15.2. The summed E-state index contributed by atoms with van der Waals surface area (Å²) in [6, 6.07) is 16.7. The lowest BCUT2D eigenvalue weighted by molar-refractivity contribution is 0.0940. The number of nitrogens with zero attached hydrogens (tertiary/aromatic N) is 1. The highest BCUT2D eigenvalue weighted by Gasteiger charge is 2.16. The van der Waals surface area contributed by atoms with Crippen LogP contribution in [0.4, 0.5) is 0 Å². The molecule has 1 heterocycles. The average Bonchev–Trinajstić information content (AvgIpc) is 2.96. The Morgan fingerprint density at radius 3 is 2.07 bits per heavy atom. The molecule has 1 amide bonds. The second-order valence-electron chi connectivity index (χ2n) is 9.45. The highest BCUT2D eigenvalue weighted by atomic mass is 16.1. The first-order chi connectivity index (χ1) is 13.8. The van der Waals surface area contributed by atoms with Crippen LogP contribution in [0.25, 0.3) is 0 Å². The molecular formula is C26H36N2O. The Balaban J connectivity index is 1.57. The van der Waals surface area contributed by atoms with Crippen molar-refractivity contribution in [1.29, 1.82) is 0 Å². The van der Waals surface area contributed by atoms with Crippen LogP contribution < -0.4 is 5.32 Å². The number of likely N-dealkylation sites (tertiary alicyclic amines) is 1. The summed E-state index contributed by atoms with van der Waals surface area (Å²) in [5.74, 6) is -0.0151. The third-order valence-corrected chi connectivity index (χ3v) is 5.95. The number of hydrogen-bond donors (Lipinski definition) is 1. The summed E-state index contributed by atoms with van der Waals surface area (Å²) >= 11 is 0. The quantitative estimate of drug-likeness (QED) is 0.692. The van der Waals surface area contributed by atoms with Gasteiger partial charge < -0.3 is 5.32 Å². The third kappa shape index (κ3) is 6.17. The van der Waals surface area contributed by atoms with E-state index in [9.17, 15) is 4.79 Å². The Morgan fingerprint density at radius 2 is 1.52 bits per heavy atom.